The number of ether oxygens (including phenoxy) is 1. The Balaban J connectivity index is 1.85. The second-order valence-electron chi connectivity index (χ2n) is 8.08. The van der Waals surface area contributed by atoms with Crippen LogP contribution in [0.4, 0.5) is 8.78 Å². The molecule has 1 heterocycles. The third-order valence-corrected chi connectivity index (χ3v) is 4.95. The highest BCUT2D eigenvalue weighted by Gasteiger charge is 2.34. The zero-order chi connectivity index (χ0) is 19.8. The van der Waals surface area contributed by atoms with Crippen molar-refractivity contribution in [1.29, 1.82) is 0 Å². The maximum atomic E-state index is 13.9. The summed E-state index contributed by atoms with van der Waals surface area (Å²) in [4.78, 5) is 3.07. The second-order valence-corrected chi connectivity index (χ2v) is 8.08. The van der Waals surface area contributed by atoms with Crippen LogP contribution in [0.15, 0.2) is 42.5 Å². The molecule has 0 amide bonds. The third-order valence-electron chi connectivity index (χ3n) is 4.95. The Morgan fingerprint density at radius 2 is 1.81 bits per heavy atom. The third kappa shape index (κ3) is 4.14. The molecular formula is C22H25F2NO2. The van der Waals surface area contributed by atoms with Gasteiger partial charge in [0, 0.05) is 29.1 Å². The largest absolute Gasteiger partial charge is 0.496 e. The minimum Gasteiger partial charge on any atom is -0.496 e. The summed E-state index contributed by atoms with van der Waals surface area (Å²) in [6.07, 6.45) is 0.758. The first-order chi connectivity index (χ1) is 12.6. The number of halogens is 2. The maximum absolute atomic E-state index is 13.9. The predicted octanol–water partition coefficient (Wildman–Crippen LogP) is 5.12. The number of hydrogen-bond donors (Lipinski definition) is 2. The summed E-state index contributed by atoms with van der Waals surface area (Å²) in [5, 5.41) is 11.8. The van der Waals surface area contributed by atoms with Crippen LogP contribution in [0.3, 0.4) is 0 Å². The molecule has 144 valence electrons. The van der Waals surface area contributed by atoms with Gasteiger partial charge in [-0.05, 0) is 37.0 Å². The van der Waals surface area contributed by atoms with Crippen LogP contribution in [-0.2, 0) is 11.8 Å². The van der Waals surface area contributed by atoms with E-state index in [1.54, 1.807) is 19.1 Å². The van der Waals surface area contributed by atoms with E-state index in [0.717, 1.165) is 16.6 Å². The summed E-state index contributed by atoms with van der Waals surface area (Å²) in [6.45, 7) is 5.73. The number of fused-ring (bicyclic) bond motifs is 1. The van der Waals surface area contributed by atoms with Gasteiger partial charge in [-0.1, -0.05) is 32.0 Å². The summed E-state index contributed by atoms with van der Waals surface area (Å²) in [5.74, 6) is -0.212. The van der Waals surface area contributed by atoms with Gasteiger partial charge < -0.3 is 14.8 Å². The number of methoxy groups -OCH3 is 1. The quantitative estimate of drug-likeness (QED) is 0.630. The normalized spacial score (nSPS) is 14.3. The minimum absolute atomic E-state index is 0.310. The molecule has 0 spiro atoms. The Morgan fingerprint density at radius 1 is 1.07 bits per heavy atom. The number of aromatic nitrogens is 1. The number of nitrogens with one attached hydrogen (secondary N) is 1. The standard InChI is InChI=1S/C22H25F2NO2/c1-21(2,17-9-8-15(23)11-19(17)27-4)13-22(3,26)12-16-10-14-6-5-7-18(24)20(14)25-16/h5-11,25-26H,12-13H2,1-4H3. The summed E-state index contributed by atoms with van der Waals surface area (Å²) < 4.78 is 32.7. The van der Waals surface area contributed by atoms with Crippen LogP contribution in [0.2, 0.25) is 0 Å². The average Bonchev–Trinajstić information content (AvgIpc) is 2.96. The first-order valence-corrected chi connectivity index (χ1v) is 8.94. The van der Waals surface area contributed by atoms with Crippen molar-refractivity contribution < 1.29 is 18.6 Å². The Bertz CT molecular complexity index is 960. The molecule has 0 radical (unpaired) electrons. The van der Waals surface area contributed by atoms with Crippen molar-refractivity contribution in [3.05, 3.63) is 65.4 Å². The lowest BCUT2D eigenvalue weighted by atomic mass is 9.74. The highest BCUT2D eigenvalue weighted by atomic mass is 19.1. The lowest BCUT2D eigenvalue weighted by molar-refractivity contribution is 0.0305. The lowest BCUT2D eigenvalue weighted by Gasteiger charge is -2.35. The fourth-order valence-electron chi connectivity index (χ4n) is 4.02. The fourth-order valence-corrected chi connectivity index (χ4v) is 4.02. The van der Waals surface area contributed by atoms with Gasteiger partial charge in [0.1, 0.15) is 17.4 Å². The Labute approximate surface area is 158 Å². The Kier molecular flexibility index (Phi) is 5.00. The van der Waals surface area contributed by atoms with Crippen LogP contribution in [0.5, 0.6) is 5.75 Å². The van der Waals surface area contributed by atoms with E-state index >= 15 is 0 Å². The van der Waals surface area contributed by atoms with Crippen LogP contribution in [0.25, 0.3) is 10.9 Å². The molecule has 3 rings (SSSR count). The number of aliphatic hydroxyl groups is 1. The van der Waals surface area contributed by atoms with E-state index in [9.17, 15) is 13.9 Å². The zero-order valence-electron chi connectivity index (χ0n) is 16.1. The molecule has 1 aromatic heterocycles. The first-order valence-electron chi connectivity index (χ1n) is 8.94. The first kappa shape index (κ1) is 19.4. The number of H-pyrrole nitrogens is 1. The van der Waals surface area contributed by atoms with Gasteiger partial charge >= 0.3 is 0 Å². The van der Waals surface area contributed by atoms with E-state index in [4.69, 9.17) is 4.74 Å². The number of aromatic amines is 1. The van der Waals surface area contributed by atoms with E-state index in [2.05, 4.69) is 4.98 Å². The van der Waals surface area contributed by atoms with Gasteiger partial charge in [-0.15, -0.1) is 0 Å². The molecule has 2 aromatic carbocycles. The van der Waals surface area contributed by atoms with Crippen molar-refractivity contribution in [2.75, 3.05) is 7.11 Å². The van der Waals surface area contributed by atoms with Crippen molar-refractivity contribution in [2.45, 2.75) is 44.6 Å². The highest BCUT2D eigenvalue weighted by Crippen LogP contribution is 2.39. The van der Waals surface area contributed by atoms with Gasteiger partial charge in [0.2, 0.25) is 0 Å². The predicted molar refractivity (Wildman–Crippen MR) is 103 cm³/mol. The molecule has 0 bridgehead atoms. The molecule has 3 aromatic rings. The molecule has 0 saturated carbocycles. The van der Waals surface area contributed by atoms with Crippen LogP contribution in [0.1, 0.15) is 38.4 Å². The molecule has 1 atom stereocenters. The fraction of sp³-hybridized carbons (Fsp3) is 0.364. The molecule has 0 aliphatic carbocycles. The summed E-state index contributed by atoms with van der Waals surface area (Å²) in [5.41, 5.74) is 0.527. The van der Waals surface area contributed by atoms with E-state index in [0.29, 0.717) is 24.1 Å². The van der Waals surface area contributed by atoms with Gasteiger partial charge in [-0.3, -0.25) is 0 Å². The number of rotatable bonds is 6. The summed E-state index contributed by atoms with van der Waals surface area (Å²) in [7, 11) is 1.51. The lowest BCUT2D eigenvalue weighted by Crippen LogP contribution is -2.36. The Hall–Kier alpha value is -2.40. The van der Waals surface area contributed by atoms with Gasteiger partial charge in [0.15, 0.2) is 0 Å². The minimum atomic E-state index is -1.06. The van der Waals surface area contributed by atoms with Crippen LogP contribution < -0.4 is 4.74 Å². The van der Waals surface area contributed by atoms with Crippen molar-refractivity contribution in [2.24, 2.45) is 0 Å². The summed E-state index contributed by atoms with van der Waals surface area (Å²) >= 11 is 0. The zero-order valence-corrected chi connectivity index (χ0v) is 16.1. The van der Waals surface area contributed by atoms with Gasteiger partial charge in [0.25, 0.3) is 0 Å². The Morgan fingerprint density at radius 3 is 2.48 bits per heavy atom. The number of hydrogen-bond acceptors (Lipinski definition) is 2. The monoisotopic (exact) mass is 373 g/mol. The molecule has 3 nitrogen and oxygen atoms in total. The van der Waals surface area contributed by atoms with Crippen LogP contribution in [0, 0.1) is 11.6 Å². The molecule has 1 unspecified atom stereocenters. The van der Waals surface area contributed by atoms with Crippen LogP contribution in [-0.4, -0.2) is 22.8 Å². The number of para-hydroxylation sites is 1. The van der Waals surface area contributed by atoms with E-state index in [1.807, 2.05) is 26.0 Å². The van der Waals surface area contributed by atoms with E-state index in [1.165, 1.54) is 25.3 Å². The SMILES string of the molecule is COc1cc(F)ccc1C(C)(C)CC(C)(O)Cc1cc2cccc(F)c2[nH]1. The van der Waals surface area contributed by atoms with Crippen molar-refractivity contribution in [1.82, 2.24) is 4.98 Å². The average molecular weight is 373 g/mol. The molecule has 27 heavy (non-hydrogen) atoms. The molecule has 2 N–H and O–H groups in total. The molecular weight excluding hydrogens is 348 g/mol. The van der Waals surface area contributed by atoms with E-state index in [-0.39, 0.29) is 11.6 Å². The van der Waals surface area contributed by atoms with E-state index < -0.39 is 11.0 Å². The smallest absolute Gasteiger partial charge is 0.147 e. The topological polar surface area (TPSA) is 45.2 Å². The second kappa shape index (κ2) is 6.97. The molecule has 0 saturated heterocycles. The summed E-state index contributed by atoms with van der Waals surface area (Å²) in [6, 6.07) is 11.2. The van der Waals surface area contributed by atoms with Crippen molar-refractivity contribution >= 4 is 10.9 Å². The molecule has 5 heteroatoms. The van der Waals surface area contributed by atoms with Gasteiger partial charge in [-0.25, -0.2) is 8.78 Å². The van der Waals surface area contributed by atoms with Crippen molar-refractivity contribution in [3.63, 3.8) is 0 Å². The molecule has 0 aliphatic heterocycles. The van der Waals surface area contributed by atoms with Gasteiger partial charge in [-0.2, -0.15) is 0 Å². The molecule has 0 aliphatic rings. The molecule has 0 fully saturated rings. The van der Waals surface area contributed by atoms with Gasteiger partial charge in [0.05, 0.1) is 18.2 Å². The maximum Gasteiger partial charge on any atom is 0.147 e. The van der Waals surface area contributed by atoms with Crippen molar-refractivity contribution in [3.8, 4) is 5.75 Å². The highest BCUT2D eigenvalue weighted by molar-refractivity contribution is 5.80. The van der Waals surface area contributed by atoms with Crippen LogP contribution >= 0.6 is 0 Å². The number of benzene rings is 2.